The molecule has 0 saturated carbocycles. The van der Waals surface area contributed by atoms with Crippen LogP contribution in [0.25, 0.3) is 11.3 Å². The Morgan fingerprint density at radius 2 is 2.10 bits per heavy atom. The van der Waals surface area contributed by atoms with Crippen LogP contribution in [-0.2, 0) is 22.7 Å². The van der Waals surface area contributed by atoms with Crippen molar-refractivity contribution in [3.63, 3.8) is 0 Å². The molecule has 1 aliphatic heterocycles. The number of thiazole rings is 1. The van der Waals surface area contributed by atoms with E-state index in [9.17, 15) is 9.59 Å². The quantitative estimate of drug-likeness (QED) is 0.561. The van der Waals surface area contributed by atoms with Crippen molar-refractivity contribution >= 4 is 28.3 Å². The molecule has 0 aliphatic carbocycles. The van der Waals surface area contributed by atoms with E-state index in [0.29, 0.717) is 18.2 Å². The molecule has 0 bridgehead atoms. The van der Waals surface area contributed by atoms with Crippen LogP contribution < -0.4 is 5.32 Å². The summed E-state index contributed by atoms with van der Waals surface area (Å²) in [4.78, 5) is 31.5. The van der Waals surface area contributed by atoms with Gasteiger partial charge < -0.3 is 14.8 Å². The number of carbonyl (C=O) groups is 2. The van der Waals surface area contributed by atoms with Crippen LogP contribution in [0, 0.1) is 19.8 Å². The molecule has 0 radical (unpaired) electrons. The molecule has 1 N–H and O–H groups in total. The molecule has 1 aromatic carbocycles. The predicted octanol–water partition coefficient (Wildman–Crippen LogP) is 4.40. The van der Waals surface area contributed by atoms with Gasteiger partial charge in [0.25, 0.3) is 0 Å². The number of aryl methyl sites for hydroxylation is 1. The summed E-state index contributed by atoms with van der Waals surface area (Å²) >= 11 is 1.40. The van der Waals surface area contributed by atoms with Gasteiger partial charge in [0.2, 0.25) is 11.8 Å². The monoisotopic (exact) mass is 434 g/mol. The number of carbonyl (C=O) groups excluding carboxylic acids is 2. The second-order valence-electron chi connectivity index (χ2n) is 7.87. The highest BCUT2D eigenvalue weighted by Gasteiger charge is 2.34. The molecule has 6 nitrogen and oxygen atoms in total. The number of allylic oxidation sites excluding steroid dienone is 1. The Morgan fingerprint density at radius 3 is 2.84 bits per heavy atom. The lowest BCUT2D eigenvalue weighted by Crippen LogP contribution is -2.28. The average Bonchev–Trinajstić information content (AvgIpc) is 3.43. The van der Waals surface area contributed by atoms with Crippen LogP contribution in [0.4, 0.5) is 5.13 Å². The highest BCUT2D eigenvalue weighted by atomic mass is 32.1. The van der Waals surface area contributed by atoms with E-state index in [0.717, 1.165) is 34.8 Å². The molecular weight excluding hydrogens is 408 g/mol. The number of nitrogens with one attached hydrogen (secondary N) is 1. The molecule has 2 aromatic heterocycles. The van der Waals surface area contributed by atoms with Crippen molar-refractivity contribution in [2.24, 2.45) is 5.92 Å². The van der Waals surface area contributed by atoms with Gasteiger partial charge in [0.15, 0.2) is 5.13 Å². The predicted molar refractivity (Wildman–Crippen MR) is 124 cm³/mol. The second kappa shape index (κ2) is 8.89. The van der Waals surface area contributed by atoms with Crippen LogP contribution in [0.1, 0.15) is 23.4 Å². The molecule has 4 rings (SSSR count). The maximum atomic E-state index is 12.8. The summed E-state index contributed by atoms with van der Waals surface area (Å²) in [6.07, 6.45) is 2.11. The van der Waals surface area contributed by atoms with Gasteiger partial charge in [0, 0.05) is 48.4 Å². The fraction of sp³-hybridized carbons (Fsp3) is 0.292. The lowest BCUT2D eigenvalue weighted by atomic mass is 10.1. The number of aromatic nitrogens is 2. The first kappa shape index (κ1) is 21.1. The van der Waals surface area contributed by atoms with Gasteiger partial charge in [-0.05, 0) is 25.5 Å². The number of nitrogens with zero attached hydrogens (tertiary/aromatic N) is 3. The SMILES string of the molecule is C=CCn1c(C)cc(-c2csc(NC(=O)[C@H]3CC(=O)N(Cc4ccccc4)C3)n2)c1C. The Hall–Kier alpha value is -3.19. The largest absolute Gasteiger partial charge is 0.345 e. The first-order valence-electron chi connectivity index (χ1n) is 10.3. The third-order valence-corrected chi connectivity index (χ3v) is 6.45. The van der Waals surface area contributed by atoms with Crippen molar-refractivity contribution in [1.29, 1.82) is 0 Å². The molecule has 31 heavy (non-hydrogen) atoms. The van der Waals surface area contributed by atoms with E-state index in [-0.39, 0.29) is 24.2 Å². The van der Waals surface area contributed by atoms with Crippen LogP contribution in [0.2, 0.25) is 0 Å². The Kier molecular flexibility index (Phi) is 6.04. The van der Waals surface area contributed by atoms with E-state index >= 15 is 0 Å². The van der Waals surface area contributed by atoms with Gasteiger partial charge in [-0.3, -0.25) is 9.59 Å². The van der Waals surface area contributed by atoms with E-state index in [4.69, 9.17) is 0 Å². The third-order valence-electron chi connectivity index (χ3n) is 5.70. The fourth-order valence-corrected chi connectivity index (χ4v) is 4.75. The van der Waals surface area contributed by atoms with Crippen molar-refractivity contribution in [3.8, 4) is 11.3 Å². The smallest absolute Gasteiger partial charge is 0.231 e. The standard InChI is InChI=1S/C24H26N4O2S/c1-4-10-28-16(2)11-20(17(28)3)21-15-31-24(25-21)26-23(30)19-12-22(29)27(14-19)13-18-8-6-5-7-9-18/h4-9,11,15,19H,1,10,12-14H2,2-3H3,(H,25,26,30)/t19-/m0/s1. The molecule has 0 spiro atoms. The number of likely N-dealkylation sites (tertiary alicyclic amines) is 1. The first-order chi connectivity index (χ1) is 15.0. The van der Waals surface area contributed by atoms with Crippen LogP contribution in [0.5, 0.6) is 0 Å². The highest BCUT2D eigenvalue weighted by Crippen LogP contribution is 2.30. The van der Waals surface area contributed by atoms with Crippen LogP contribution >= 0.6 is 11.3 Å². The molecule has 1 saturated heterocycles. The molecule has 3 aromatic rings. The maximum absolute atomic E-state index is 12.8. The zero-order valence-electron chi connectivity index (χ0n) is 17.8. The van der Waals surface area contributed by atoms with Gasteiger partial charge in [0.1, 0.15) is 0 Å². The maximum Gasteiger partial charge on any atom is 0.231 e. The van der Waals surface area contributed by atoms with Crippen LogP contribution in [0.3, 0.4) is 0 Å². The normalized spacial score (nSPS) is 16.0. The molecule has 160 valence electrons. The molecular formula is C24H26N4O2S. The molecule has 1 fully saturated rings. The van der Waals surface area contributed by atoms with E-state index in [2.05, 4.69) is 41.4 Å². The summed E-state index contributed by atoms with van der Waals surface area (Å²) in [7, 11) is 0. The van der Waals surface area contributed by atoms with Crippen LogP contribution in [0.15, 0.2) is 54.4 Å². The lowest BCUT2D eigenvalue weighted by Gasteiger charge is -2.16. The van der Waals surface area contributed by atoms with Gasteiger partial charge in [0.05, 0.1) is 11.6 Å². The summed E-state index contributed by atoms with van der Waals surface area (Å²) in [6, 6.07) is 11.9. The van der Waals surface area contributed by atoms with E-state index < -0.39 is 0 Å². The van der Waals surface area contributed by atoms with Gasteiger partial charge in [-0.2, -0.15) is 0 Å². The Morgan fingerprint density at radius 1 is 1.32 bits per heavy atom. The Labute approximate surface area is 186 Å². The zero-order chi connectivity index (χ0) is 22.0. The third kappa shape index (κ3) is 4.46. The van der Waals surface area contributed by atoms with Gasteiger partial charge in [-0.25, -0.2) is 4.98 Å². The number of hydrogen-bond acceptors (Lipinski definition) is 4. The number of anilines is 1. The number of hydrogen-bond donors (Lipinski definition) is 1. The molecule has 1 aliphatic rings. The summed E-state index contributed by atoms with van der Waals surface area (Å²) in [5.41, 5.74) is 5.24. The molecule has 2 amide bonds. The molecule has 3 heterocycles. The fourth-order valence-electron chi connectivity index (χ4n) is 4.04. The summed E-state index contributed by atoms with van der Waals surface area (Å²) in [6.45, 7) is 9.66. The van der Waals surface area contributed by atoms with Crippen molar-refractivity contribution in [2.75, 3.05) is 11.9 Å². The van der Waals surface area contributed by atoms with E-state index in [1.807, 2.05) is 41.8 Å². The number of amides is 2. The summed E-state index contributed by atoms with van der Waals surface area (Å²) < 4.78 is 2.19. The molecule has 7 heteroatoms. The number of rotatable bonds is 7. The van der Waals surface area contributed by atoms with Gasteiger partial charge in [-0.15, -0.1) is 17.9 Å². The van der Waals surface area contributed by atoms with Crippen LogP contribution in [-0.4, -0.2) is 32.8 Å². The average molecular weight is 435 g/mol. The minimum atomic E-state index is -0.360. The highest BCUT2D eigenvalue weighted by molar-refractivity contribution is 7.14. The van der Waals surface area contributed by atoms with Gasteiger partial charge >= 0.3 is 0 Å². The zero-order valence-corrected chi connectivity index (χ0v) is 18.6. The van der Waals surface area contributed by atoms with E-state index in [1.54, 1.807) is 4.90 Å². The molecule has 1 atom stereocenters. The second-order valence-corrected chi connectivity index (χ2v) is 8.73. The summed E-state index contributed by atoms with van der Waals surface area (Å²) in [5.74, 6) is -0.498. The van der Waals surface area contributed by atoms with Crippen molar-refractivity contribution in [2.45, 2.75) is 33.4 Å². The number of benzene rings is 1. The van der Waals surface area contributed by atoms with Crippen molar-refractivity contribution < 1.29 is 9.59 Å². The van der Waals surface area contributed by atoms with Crippen molar-refractivity contribution in [3.05, 3.63) is 71.4 Å². The van der Waals surface area contributed by atoms with Gasteiger partial charge in [-0.1, -0.05) is 36.4 Å². The Bertz CT molecular complexity index is 1120. The van der Waals surface area contributed by atoms with Crippen molar-refractivity contribution in [1.82, 2.24) is 14.5 Å². The Balaban J connectivity index is 1.41. The lowest BCUT2D eigenvalue weighted by molar-refractivity contribution is -0.128. The summed E-state index contributed by atoms with van der Waals surface area (Å²) in [5, 5.41) is 5.42. The first-order valence-corrected chi connectivity index (χ1v) is 11.2. The topological polar surface area (TPSA) is 67.2 Å². The minimum Gasteiger partial charge on any atom is -0.345 e. The van der Waals surface area contributed by atoms with E-state index in [1.165, 1.54) is 11.3 Å². The molecule has 0 unspecified atom stereocenters. The minimum absolute atomic E-state index is 0.0125.